The maximum absolute atomic E-state index is 3.68. The average Bonchev–Trinajstić information content (AvgIpc) is 2.48. The zero-order valence-electron chi connectivity index (χ0n) is 12.2. The maximum atomic E-state index is 3.68. The lowest BCUT2D eigenvalue weighted by Gasteiger charge is -2.20. The van der Waals surface area contributed by atoms with Crippen LogP contribution in [-0.2, 0) is 6.42 Å². The summed E-state index contributed by atoms with van der Waals surface area (Å²) < 4.78 is 1.29. The van der Waals surface area contributed by atoms with Gasteiger partial charge in [-0.25, -0.2) is 0 Å². The Morgan fingerprint density at radius 3 is 2.35 bits per heavy atom. The Kier molecular flexibility index (Phi) is 6.05. The van der Waals surface area contributed by atoms with E-state index in [9.17, 15) is 0 Å². The lowest BCUT2D eigenvalue weighted by molar-refractivity contribution is 0.598. The molecular weight excluding hydrogens is 357 g/mol. The smallest absolute Gasteiger partial charge is 0.0577 e. The van der Waals surface area contributed by atoms with E-state index in [2.05, 4.69) is 90.3 Å². The minimum atomic E-state index is 0.288. The topological polar surface area (TPSA) is 12.0 Å². The number of rotatable bonds is 6. The largest absolute Gasteiger partial charge is 0.306 e. The molecule has 2 heteroatoms. The van der Waals surface area contributed by atoms with Gasteiger partial charge in [0.25, 0.3) is 0 Å². The number of hydrogen-bond acceptors (Lipinski definition) is 1. The number of benzene rings is 2. The third-order valence-corrected chi connectivity index (χ3v) is 4.14. The Bertz CT molecular complexity index is 551. The lowest BCUT2D eigenvalue weighted by atomic mass is 9.96. The van der Waals surface area contributed by atoms with Gasteiger partial charge in [0.05, 0.1) is 6.04 Å². The van der Waals surface area contributed by atoms with Crippen LogP contribution in [0.15, 0.2) is 48.5 Å². The fourth-order valence-electron chi connectivity index (χ4n) is 2.40. The molecule has 0 saturated heterocycles. The van der Waals surface area contributed by atoms with Crippen molar-refractivity contribution < 1.29 is 0 Å². The van der Waals surface area contributed by atoms with Crippen LogP contribution in [0.2, 0.25) is 0 Å². The average molecular weight is 379 g/mol. The molecule has 0 radical (unpaired) electrons. The zero-order valence-corrected chi connectivity index (χ0v) is 14.4. The number of nitrogens with one attached hydrogen (secondary N) is 1. The van der Waals surface area contributed by atoms with Gasteiger partial charge in [0.15, 0.2) is 0 Å². The molecule has 1 N–H and O–H groups in total. The highest BCUT2D eigenvalue weighted by atomic mass is 127. The van der Waals surface area contributed by atoms with E-state index in [4.69, 9.17) is 0 Å². The van der Waals surface area contributed by atoms with E-state index in [-0.39, 0.29) is 6.04 Å². The van der Waals surface area contributed by atoms with Crippen molar-refractivity contribution in [3.63, 3.8) is 0 Å². The summed E-state index contributed by atoms with van der Waals surface area (Å²) >= 11 is 2.38. The van der Waals surface area contributed by atoms with E-state index in [1.807, 2.05) is 0 Å². The molecule has 0 amide bonds. The van der Waals surface area contributed by atoms with Crippen LogP contribution in [0.3, 0.4) is 0 Å². The van der Waals surface area contributed by atoms with Gasteiger partial charge >= 0.3 is 0 Å². The van der Waals surface area contributed by atoms with E-state index >= 15 is 0 Å². The summed E-state index contributed by atoms with van der Waals surface area (Å²) in [5.41, 5.74) is 4.11. The van der Waals surface area contributed by atoms with Gasteiger partial charge in [-0.15, -0.1) is 0 Å². The summed E-state index contributed by atoms with van der Waals surface area (Å²) in [7, 11) is 0. The SMILES string of the molecule is CCCNC(c1cccc(I)c1)c1cccc(CC)c1. The molecular formula is C18H22IN. The number of halogens is 1. The summed E-state index contributed by atoms with van der Waals surface area (Å²) in [5, 5.41) is 3.68. The molecule has 0 aliphatic rings. The van der Waals surface area contributed by atoms with Gasteiger partial charge in [-0.2, -0.15) is 0 Å². The predicted molar refractivity (Wildman–Crippen MR) is 95.1 cm³/mol. The Hall–Kier alpha value is -0.870. The molecule has 1 unspecified atom stereocenters. The monoisotopic (exact) mass is 379 g/mol. The van der Waals surface area contributed by atoms with Crippen LogP contribution in [0.4, 0.5) is 0 Å². The molecule has 2 aromatic rings. The third-order valence-electron chi connectivity index (χ3n) is 3.47. The van der Waals surface area contributed by atoms with E-state index in [0.717, 1.165) is 19.4 Å². The molecule has 0 heterocycles. The summed E-state index contributed by atoms with van der Waals surface area (Å²) in [6.07, 6.45) is 2.23. The first kappa shape index (κ1) is 15.5. The van der Waals surface area contributed by atoms with Crippen LogP contribution < -0.4 is 5.32 Å². The highest BCUT2D eigenvalue weighted by molar-refractivity contribution is 14.1. The summed E-state index contributed by atoms with van der Waals surface area (Å²) in [4.78, 5) is 0. The van der Waals surface area contributed by atoms with Crippen molar-refractivity contribution in [2.75, 3.05) is 6.54 Å². The summed E-state index contributed by atoms with van der Waals surface area (Å²) in [5.74, 6) is 0. The fraction of sp³-hybridized carbons (Fsp3) is 0.333. The van der Waals surface area contributed by atoms with Crippen LogP contribution in [0.1, 0.15) is 43.0 Å². The normalized spacial score (nSPS) is 12.3. The van der Waals surface area contributed by atoms with Crippen molar-refractivity contribution in [2.45, 2.75) is 32.7 Å². The number of hydrogen-bond donors (Lipinski definition) is 1. The van der Waals surface area contributed by atoms with Crippen LogP contribution in [0.5, 0.6) is 0 Å². The molecule has 0 aliphatic heterocycles. The van der Waals surface area contributed by atoms with E-state index in [0.29, 0.717) is 0 Å². The van der Waals surface area contributed by atoms with E-state index in [1.165, 1.54) is 20.3 Å². The molecule has 0 aromatic heterocycles. The highest BCUT2D eigenvalue weighted by Gasteiger charge is 2.13. The van der Waals surface area contributed by atoms with Crippen LogP contribution in [0.25, 0.3) is 0 Å². The van der Waals surface area contributed by atoms with E-state index < -0.39 is 0 Å². The van der Waals surface area contributed by atoms with Crippen LogP contribution in [0, 0.1) is 3.57 Å². The lowest BCUT2D eigenvalue weighted by Crippen LogP contribution is -2.23. The Labute approximate surface area is 135 Å². The van der Waals surface area contributed by atoms with Crippen molar-refractivity contribution >= 4 is 22.6 Å². The van der Waals surface area contributed by atoms with Gasteiger partial charge in [0, 0.05) is 3.57 Å². The molecule has 2 rings (SSSR count). The minimum absolute atomic E-state index is 0.288. The van der Waals surface area contributed by atoms with Gasteiger partial charge in [0.1, 0.15) is 0 Å². The molecule has 2 aromatic carbocycles. The Balaban J connectivity index is 2.35. The number of aryl methyl sites for hydroxylation is 1. The first-order chi connectivity index (χ1) is 9.74. The first-order valence-corrected chi connectivity index (χ1v) is 8.40. The standard InChI is InChI=1S/C18H22IN/c1-3-11-20-18(16-9-6-10-17(19)13-16)15-8-5-7-14(4-2)12-15/h5-10,12-13,18,20H,3-4,11H2,1-2H3. The van der Waals surface area contributed by atoms with Crippen LogP contribution >= 0.6 is 22.6 Å². The zero-order chi connectivity index (χ0) is 14.4. The van der Waals surface area contributed by atoms with Crippen molar-refractivity contribution in [3.8, 4) is 0 Å². The molecule has 0 aliphatic carbocycles. The second-order valence-corrected chi connectivity index (χ2v) is 6.29. The maximum Gasteiger partial charge on any atom is 0.0577 e. The minimum Gasteiger partial charge on any atom is -0.306 e. The molecule has 1 nitrogen and oxygen atoms in total. The fourth-order valence-corrected chi connectivity index (χ4v) is 2.96. The molecule has 0 saturated carbocycles. The van der Waals surface area contributed by atoms with Gasteiger partial charge in [0.2, 0.25) is 0 Å². The highest BCUT2D eigenvalue weighted by Crippen LogP contribution is 2.24. The van der Waals surface area contributed by atoms with Gasteiger partial charge in [-0.1, -0.05) is 50.2 Å². The molecule has 20 heavy (non-hydrogen) atoms. The van der Waals surface area contributed by atoms with Crippen molar-refractivity contribution in [2.24, 2.45) is 0 Å². The van der Waals surface area contributed by atoms with Gasteiger partial charge in [-0.3, -0.25) is 0 Å². The first-order valence-electron chi connectivity index (χ1n) is 7.32. The molecule has 1 atom stereocenters. The Morgan fingerprint density at radius 1 is 1.00 bits per heavy atom. The second-order valence-electron chi connectivity index (χ2n) is 5.04. The van der Waals surface area contributed by atoms with E-state index in [1.54, 1.807) is 0 Å². The van der Waals surface area contributed by atoms with Crippen molar-refractivity contribution in [3.05, 3.63) is 68.8 Å². The second kappa shape index (κ2) is 7.79. The van der Waals surface area contributed by atoms with Gasteiger partial charge < -0.3 is 5.32 Å². The molecule has 106 valence electrons. The predicted octanol–water partition coefficient (Wildman–Crippen LogP) is 4.94. The molecule has 0 spiro atoms. The quantitative estimate of drug-likeness (QED) is 0.701. The van der Waals surface area contributed by atoms with Crippen molar-refractivity contribution in [1.82, 2.24) is 5.32 Å². The van der Waals surface area contributed by atoms with Gasteiger partial charge in [-0.05, 0) is 70.8 Å². The Morgan fingerprint density at radius 2 is 1.70 bits per heavy atom. The summed E-state index contributed by atoms with van der Waals surface area (Å²) in [6, 6.07) is 18.0. The van der Waals surface area contributed by atoms with Crippen molar-refractivity contribution in [1.29, 1.82) is 0 Å². The third kappa shape index (κ3) is 4.06. The van der Waals surface area contributed by atoms with Crippen LogP contribution in [-0.4, -0.2) is 6.54 Å². The summed E-state index contributed by atoms with van der Waals surface area (Å²) in [6.45, 7) is 5.45. The molecule has 0 bridgehead atoms. The molecule has 0 fully saturated rings.